The van der Waals surface area contributed by atoms with Crippen LogP contribution in [0.15, 0.2) is 84.0 Å². The van der Waals surface area contributed by atoms with E-state index in [2.05, 4.69) is 94.5 Å². The molecule has 8 aliphatic carbocycles. The summed E-state index contributed by atoms with van der Waals surface area (Å²) >= 11 is 0. The second kappa shape index (κ2) is 12.1. The Morgan fingerprint density at radius 2 is 1.25 bits per heavy atom. The van der Waals surface area contributed by atoms with Crippen LogP contribution in [0.4, 0.5) is 0 Å². The molecule has 280 valence electrons. The fourth-order valence-corrected chi connectivity index (χ4v) is 16.0. The van der Waals surface area contributed by atoms with Gasteiger partial charge in [-0.15, -0.1) is 0 Å². The summed E-state index contributed by atoms with van der Waals surface area (Å²) in [5.74, 6) is 5.33. The molecule has 0 aliphatic heterocycles. The van der Waals surface area contributed by atoms with Crippen molar-refractivity contribution in [3.05, 3.63) is 95.1 Å². The summed E-state index contributed by atoms with van der Waals surface area (Å²) in [5, 5.41) is 0. The summed E-state index contributed by atoms with van der Waals surface area (Å²) in [6.45, 7) is 13.2. The van der Waals surface area contributed by atoms with Crippen molar-refractivity contribution in [2.45, 2.75) is 124 Å². The number of pyridine rings is 2. The molecular formula is C49H64N4. The Balaban J connectivity index is 1.06. The first-order chi connectivity index (χ1) is 25.5. The average molecular weight is 709 g/mol. The smallest absolute Gasteiger partial charge is 0.0343 e. The summed E-state index contributed by atoms with van der Waals surface area (Å²) < 4.78 is 0. The van der Waals surface area contributed by atoms with E-state index in [1.54, 1.807) is 27.9 Å². The molecule has 4 N–H and O–H groups in total. The van der Waals surface area contributed by atoms with Crippen molar-refractivity contribution < 1.29 is 0 Å². The van der Waals surface area contributed by atoms with E-state index >= 15 is 0 Å². The van der Waals surface area contributed by atoms with Crippen LogP contribution in [0.3, 0.4) is 0 Å². The largest absolute Gasteiger partial charge is 0.327 e. The van der Waals surface area contributed by atoms with Crippen LogP contribution in [-0.4, -0.2) is 22.1 Å². The van der Waals surface area contributed by atoms with Gasteiger partial charge in [0.05, 0.1) is 0 Å². The Bertz CT molecular complexity index is 1910. The average Bonchev–Trinajstić information content (AvgIpc) is 3.67. The number of nitrogens with two attached hydrogens (primary N) is 2. The van der Waals surface area contributed by atoms with Crippen molar-refractivity contribution in [1.29, 1.82) is 0 Å². The minimum Gasteiger partial charge on any atom is -0.327 e. The maximum Gasteiger partial charge on any atom is 0.0343 e. The van der Waals surface area contributed by atoms with Gasteiger partial charge in [-0.05, 0) is 180 Å². The van der Waals surface area contributed by atoms with E-state index in [0.717, 1.165) is 25.2 Å². The van der Waals surface area contributed by atoms with Crippen LogP contribution in [0.5, 0.6) is 0 Å². The molecule has 4 saturated carbocycles. The molecule has 53 heavy (non-hydrogen) atoms. The number of hydrogen-bond donors (Lipinski definition) is 2. The van der Waals surface area contributed by atoms with Crippen molar-refractivity contribution in [2.75, 3.05) is 0 Å². The first kappa shape index (κ1) is 34.7. The van der Waals surface area contributed by atoms with Gasteiger partial charge in [-0.3, -0.25) is 9.97 Å². The molecule has 14 unspecified atom stereocenters. The molecule has 4 fully saturated rings. The summed E-state index contributed by atoms with van der Waals surface area (Å²) in [5.41, 5.74) is 25.8. The zero-order valence-corrected chi connectivity index (χ0v) is 33.2. The number of nitrogens with zero attached hydrogens (tertiary/aromatic N) is 2. The third kappa shape index (κ3) is 4.73. The van der Waals surface area contributed by atoms with Gasteiger partial charge in [0.1, 0.15) is 0 Å². The predicted octanol–water partition coefficient (Wildman–Crippen LogP) is 10.6. The molecule has 14 atom stereocenters. The molecule has 2 aromatic heterocycles. The van der Waals surface area contributed by atoms with Gasteiger partial charge in [0, 0.05) is 36.9 Å². The molecule has 2 aromatic rings. The quantitative estimate of drug-likeness (QED) is 0.311. The lowest BCUT2D eigenvalue weighted by Gasteiger charge is -2.61. The topological polar surface area (TPSA) is 77.8 Å². The second-order valence-corrected chi connectivity index (χ2v) is 20.5. The maximum absolute atomic E-state index is 7.19. The van der Waals surface area contributed by atoms with Gasteiger partial charge >= 0.3 is 0 Å². The van der Waals surface area contributed by atoms with Crippen LogP contribution < -0.4 is 11.5 Å². The Hall–Kier alpha value is -2.82. The molecule has 0 spiro atoms. The van der Waals surface area contributed by atoms with E-state index in [4.69, 9.17) is 16.5 Å². The van der Waals surface area contributed by atoms with Gasteiger partial charge in [-0.1, -0.05) is 81.7 Å². The van der Waals surface area contributed by atoms with Crippen LogP contribution in [0.25, 0.3) is 11.1 Å². The van der Waals surface area contributed by atoms with Crippen molar-refractivity contribution in [2.24, 2.45) is 80.5 Å². The molecule has 4 heteroatoms. The highest BCUT2D eigenvalue weighted by atomic mass is 14.7. The highest BCUT2D eigenvalue weighted by Crippen LogP contribution is 2.73. The van der Waals surface area contributed by atoms with E-state index in [-0.39, 0.29) is 27.7 Å². The third-order valence-corrected chi connectivity index (χ3v) is 18.6. The van der Waals surface area contributed by atoms with Crippen LogP contribution >= 0.6 is 0 Å². The normalized spacial score (nSPS) is 47.2. The van der Waals surface area contributed by atoms with Gasteiger partial charge in [0.2, 0.25) is 0 Å². The predicted molar refractivity (Wildman–Crippen MR) is 217 cm³/mol. The number of aromatic nitrogens is 2. The Labute approximate surface area is 319 Å². The Kier molecular flexibility index (Phi) is 7.90. The number of fused-ring (bicyclic) bond motifs is 10. The fourth-order valence-electron chi connectivity index (χ4n) is 16.0. The lowest BCUT2D eigenvalue weighted by Crippen LogP contribution is -2.54. The first-order valence-corrected chi connectivity index (χ1v) is 21.6. The first-order valence-electron chi connectivity index (χ1n) is 21.6. The number of rotatable bonds is 3. The van der Waals surface area contributed by atoms with Gasteiger partial charge in [0.25, 0.3) is 0 Å². The monoisotopic (exact) mass is 709 g/mol. The van der Waals surface area contributed by atoms with Crippen LogP contribution in [-0.2, 0) is 0 Å². The van der Waals surface area contributed by atoms with Crippen LogP contribution in [0.1, 0.15) is 123 Å². The SMILES string of the molecule is CC1CC(N)CC2=CCC3C4CC(C5CC(N)CC6=CCC7C8CC=C(c9cccnc9)C8(C)CCC7C65C)=C(c5cccnc5)C4(C)CCC3C21C. The molecule has 0 aromatic carbocycles. The minimum absolute atomic E-state index is 0.142. The van der Waals surface area contributed by atoms with Crippen LogP contribution in [0.2, 0.25) is 0 Å². The molecule has 4 nitrogen and oxygen atoms in total. The third-order valence-electron chi connectivity index (χ3n) is 18.6. The van der Waals surface area contributed by atoms with E-state index in [1.165, 1.54) is 68.9 Å². The lowest BCUT2D eigenvalue weighted by atomic mass is 9.44. The zero-order valence-electron chi connectivity index (χ0n) is 33.2. The molecule has 0 amide bonds. The van der Waals surface area contributed by atoms with Gasteiger partial charge in [0.15, 0.2) is 0 Å². The molecular weight excluding hydrogens is 645 g/mol. The van der Waals surface area contributed by atoms with Gasteiger partial charge in [-0.2, -0.15) is 0 Å². The highest BCUT2D eigenvalue weighted by Gasteiger charge is 2.64. The van der Waals surface area contributed by atoms with Crippen molar-refractivity contribution in [3.8, 4) is 0 Å². The molecule has 2 heterocycles. The van der Waals surface area contributed by atoms with Crippen molar-refractivity contribution >= 4 is 11.1 Å². The van der Waals surface area contributed by atoms with Crippen molar-refractivity contribution in [1.82, 2.24) is 9.97 Å². The zero-order chi connectivity index (χ0) is 36.5. The fraction of sp³-hybridized carbons (Fsp3) is 0.633. The van der Waals surface area contributed by atoms with Gasteiger partial charge < -0.3 is 11.5 Å². The number of hydrogen-bond acceptors (Lipinski definition) is 4. The van der Waals surface area contributed by atoms with Gasteiger partial charge in [-0.25, -0.2) is 0 Å². The molecule has 8 aliphatic rings. The Morgan fingerprint density at radius 3 is 1.92 bits per heavy atom. The van der Waals surface area contributed by atoms with E-state index in [9.17, 15) is 0 Å². The number of allylic oxidation sites excluding steroid dienone is 6. The maximum atomic E-state index is 7.19. The Morgan fingerprint density at radius 1 is 0.642 bits per heavy atom. The highest BCUT2D eigenvalue weighted by molar-refractivity contribution is 5.77. The summed E-state index contributed by atoms with van der Waals surface area (Å²) in [6.07, 6.45) is 30.8. The van der Waals surface area contributed by atoms with Crippen LogP contribution in [0, 0.1) is 69.0 Å². The standard InChI is InChI=1S/C49H64N4/c1-29-22-34(50)23-32-10-13-37-41(48(29,32)4)17-19-47(3)43(37)26-38(45(47)31-9-7-21-53-28-31)44-25-35(51)24-33-11-12-36-40-15-14-39(30-8-6-20-52-27-30)46(40,2)18-16-42(36)49(33,44)5/h6-11,14,20-21,27-29,34-37,40-44H,12-13,15-19,22-26,50-51H2,1-5H3. The molecule has 0 saturated heterocycles. The molecule has 0 radical (unpaired) electrons. The summed E-state index contributed by atoms with van der Waals surface area (Å²) in [6, 6.07) is 9.55. The van der Waals surface area contributed by atoms with E-state index in [1.807, 2.05) is 12.4 Å². The summed E-state index contributed by atoms with van der Waals surface area (Å²) in [7, 11) is 0. The van der Waals surface area contributed by atoms with Crippen molar-refractivity contribution in [3.63, 3.8) is 0 Å². The lowest BCUT2D eigenvalue weighted by molar-refractivity contribution is -0.0397. The van der Waals surface area contributed by atoms with E-state index in [0.29, 0.717) is 47.5 Å². The second-order valence-electron chi connectivity index (χ2n) is 20.5. The van der Waals surface area contributed by atoms with E-state index < -0.39 is 0 Å². The molecule has 0 bridgehead atoms. The minimum atomic E-state index is 0.142. The summed E-state index contributed by atoms with van der Waals surface area (Å²) in [4.78, 5) is 9.34. The molecule has 10 rings (SSSR count).